The molecule has 3 nitrogen and oxygen atoms in total. The fourth-order valence-corrected chi connectivity index (χ4v) is 2.88. The second-order valence-corrected chi connectivity index (χ2v) is 5.23. The van der Waals surface area contributed by atoms with Crippen LogP contribution in [0.2, 0.25) is 0 Å². The molecular formula is C17H14N2O. The van der Waals surface area contributed by atoms with E-state index < -0.39 is 0 Å². The molecule has 3 heteroatoms. The van der Waals surface area contributed by atoms with E-state index in [1.54, 1.807) is 4.57 Å². The molecule has 1 aromatic heterocycles. The number of aromatic nitrogens is 1. The lowest BCUT2D eigenvalue weighted by atomic mass is 10.0. The number of hydrogen-bond acceptors (Lipinski definition) is 2. The molecule has 1 aliphatic rings. The Hall–Kier alpha value is -2.55. The van der Waals surface area contributed by atoms with E-state index in [0.717, 1.165) is 27.7 Å². The van der Waals surface area contributed by atoms with Crippen molar-refractivity contribution in [2.75, 3.05) is 5.32 Å². The molecule has 98 valence electrons. The molecule has 0 saturated heterocycles. The highest BCUT2D eigenvalue weighted by molar-refractivity contribution is 5.89. The molecule has 0 aliphatic carbocycles. The number of nitrogens with zero attached hydrogens (tertiary/aromatic N) is 1. The molecule has 0 radical (unpaired) electrons. The summed E-state index contributed by atoms with van der Waals surface area (Å²) >= 11 is 0. The van der Waals surface area contributed by atoms with Gasteiger partial charge in [-0.05, 0) is 30.5 Å². The predicted molar refractivity (Wildman–Crippen MR) is 82.0 cm³/mol. The van der Waals surface area contributed by atoms with E-state index in [1.807, 2.05) is 43.3 Å². The molecule has 0 atom stereocenters. The second kappa shape index (κ2) is 3.97. The first-order chi connectivity index (χ1) is 9.74. The summed E-state index contributed by atoms with van der Waals surface area (Å²) in [4.78, 5) is 12.6. The average Bonchev–Trinajstić information content (AvgIpc) is 2.47. The Balaban J connectivity index is 2.13. The number of pyridine rings is 1. The van der Waals surface area contributed by atoms with Crippen LogP contribution in [0.15, 0.2) is 53.3 Å². The van der Waals surface area contributed by atoms with Crippen LogP contribution in [0.25, 0.3) is 22.0 Å². The van der Waals surface area contributed by atoms with Gasteiger partial charge in [-0.25, -0.2) is 0 Å². The monoisotopic (exact) mass is 262 g/mol. The zero-order valence-electron chi connectivity index (χ0n) is 11.2. The summed E-state index contributed by atoms with van der Waals surface area (Å²) in [5.74, 6) is 0. The van der Waals surface area contributed by atoms with Gasteiger partial charge in [-0.2, -0.15) is 0 Å². The zero-order chi connectivity index (χ0) is 13.7. The lowest BCUT2D eigenvalue weighted by molar-refractivity contribution is 0.743. The fraction of sp³-hybridized carbons (Fsp3) is 0.118. The summed E-state index contributed by atoms with van der Waals surface area (Å²) in [6, 6.07) is 16.2. The van der Waals surface area contributed by atoms with Gasteiger partial charge in [0.05, 0.1) is 12.4 Å². The van der Waals surface area contributed by atoms with Crippen molar-refractivity contribution < 1.29 is 0 Å². The van der Waals surface area contributed by atoms with Crippen LogP contribution in [0.3, 0.4) is 0 Å². The molecule has 0 fully saturated rings. The van der Waals surface area contributed by atoms with E-state index in [1.165, 1.54) is 5.56 Å². The van der Waals surface area contributed by atoms with Gasteiger partial charge in [0.15, 0.2) is 0 Å². The standard InChI is InChI=1S/C17H14N2O/c1-11-6-7-13-12(8-11)9-16-14-4-2-3-5-15(14)18-10-19(16)17(13)20/h2-9,18H,10H2,1H3. The van der Waals surface area contributed by atoms with Crippen molar-refractivity contribution in [2.45, 2.75) is 13.6 Å². The summed E-state index contributed by atoms with van der Waals surface area (Å²) in [6.07, 6.45) is 0. The summed E-state index contributed by atoms with van der Waals surface area (Å²) in [7, 11) is 0. The summed E-state index contributed by atoms with van der Waals surface area (Å²) in [5, 5.41) is 5.09. The number of anilines is 1. The van der Waals surface area contributed by atoms with Gasteiger partial charge in [-0.1, -0.05) is 35.9 Å². The number of benzene rings is 2. The molecule has 0 spiro atoms. The van der Waals surface area contributed by atoms with Crippen molar-refractivity contribution in [1.29, 1.82) is 0 Å². The second-order valence-electron chi connectivity index (χ2n) is 5.23. The minimum atomic E-state index is 0.0690. The number of rotatable bonds is 0. The SMILES string of the molecule is Cc1ccc2c(=O)n3c(cc2c1)-c1ccccc1NC3. The van der Waals surface area contributed by atoms with E-state index in [4.69, 9.17) is 0 Å². The van der Waals surface area contributed by atoms with Gasteiger partial charge in [-0.15, -0.1) is 0 Å². The van der Waals surface area contributed by atoms with Crippen LogP contribution < -0.4 is 10.9 Å². The molecule has 4 rings (SSSR count). The van der Waals surface area contributed by atoms with Crippen molar-refractivity contribution in [2.24, 2.45) is 0 Å². The van der Waals surface area contributed by atoms with Gasteiger partial charge < -0.3 is 5.32 Å². The van der Waals surface area contributed by atoms with Crippen molar-refractivity contribution in [3.63, 3.8) is 0 Å². The van der Waals surface area contributed by atoms with E-state index in [0.29, 0.717) is 6.67 Å². The highest BCUT2D eigenvalue weighted by Crippen LogP contribution is 2.32. The maximum atomic E-state index is 12.6. The first-order valence-corrected chi connectivity index (χ1v) is 6.71. The Labute approximate surface area is 116 Å². The van der Waals surface area contributed by atoms with Crippen LogP contribution in [0, 0.1) is 6.92 Å². The highest BCUT2D eigenvalue weighted by atomic mass is 16.1. The smallest absolute Gasteiger partial charge is 0.260 e. The average molecular weight is 262 g/mol. The number of fused-ring (bicyclic) bond motifs is 4. The molecule has 2 heterocycles. The molecule has 2 aromatic carbocycles. The number of nitrogens with one attached hydrogen (secondary N) is 1. The Morgan fingerprint density at radius 3 is 2.85 bits per heavy atom. The van der Waals surface area contributed by atoms with Crippen LogP contribution >= 0.6 is 0 Å². The Bertz CT molecular complexity index is 893. The lowest BCUT2D eigenvalue weighted by Crippen LogP contribution is -2.28. The first kappa shape index (κ1) is 11.3. The molecule has 0 bridgehead atoms. The van der Waals surface area contributed by atoms with Crippen LogP contribution in [0.1, 0.15) is 5.56 Å². The van der Waals surface area contributed by atoms with Crippen molar-refractivity contribution >= 4 is 16.5 Å². The third-order valence-electron chi connectivity index (χ3n) is 3.90. The van der Waals surface area contributed by atoms with Gasteiger partial charge in [0.2, 0.25) is 0 Å². The Morgan fingerprint density at radius 2 is 1.95 bits per heavy atom. The summed E-state index contributed by atoms with van der Waals surface area (Å²) in [5.41, 5.74) is 4.39. The minimum Gasteiger partial charge on any atom is -0.367 e. The van der Waals surface area contributed by atoms with E-state index in [9.17, 15) is 4.79 Å². The Morgan fingerprint density at radius 1 is 1.10 bits per heavy atom. The molecule has 1 N–H and O–H groups in total. The van der Waals surface area contributed by atoms with Crippen molar-refractivity contribution in [1.82, 2.24) is 4.57 Å². The van der Waals surface area contributed by atoms with E-state index in [2.05, 4.69) is 17.4 Å². The maximum Gasteiger partial charge on any atom is 0.260 e. The summed E-state index contributed by atoms with van der Waals surface area (Å²) < 4.78 is 1.81. The molecule has 3 aromatic rings. The number of para-hydroxylation sites is 1. The molecule has 20 heavy (non-hydrogen) atoms. The first-order valence-electron chi connectivity index (χ1n) is 6.71. The van der Waals surface area contributed by atoms with Crippen molar-refractivity contribution in [3.8, 4) is 11.3 Å². The van der Waals surface area contributed by atoms with Crippen LogP contribution in [-0.2, 0) is 6.67 Å². The quantitative estimate of drug-likeness (QED) is 0.674. The molecule has 0 unspecified atom stereocenters. The van der Waals surface area contributed by atoms with E-state index in [-0.39, 0.29) is 5.56 Å². The van der Waals surface area contributed by atoms with Crippen LogP contribution in [-0.4, -0.2) is 4.57 Å². The van der Waals surface area contributed by atoms with E-state index >= 15 is 0 Å². The third-order valence-corrected chi connectivity index (χ3v) is 3.90. The summed E-state index contributed by atoms with van der Waals surface area (Å²) in [6.45, 7) is 2.57. The van der Waals surface area contributed by atoms with Gasteiger partial charge in [-0.3, -0.25) is 9.36 Å². The van der Waals surface area contributed by atoms with Crippen molar-refractivity contribution in [3.05, 3.63) is 64.4 Å². The predicted octanol–water partition coefficient (Wildman–Crippen LogP) is 3.36. The van der Waals surface area contributed by atoms with Gasteiger partial charge in [0.1, 0.15) is 0 Å². The normalized spacial score (nSPS) is 12.7. The Kier molecular flexibility index (Phi) is 2.24. The fourth-order valence-electron chi connectivity index (χ4n) is 2.88. The topological polar surface area (TPSA) is 34.0 Å². The third kappa shape index (κ3) is 1.50. The molecule has 0 amide bonds. The lowest BCUT2D eigenvalue weighted by Gasteiger charge is -2.23. The number of aryl methyl sites for hydroxylation is 1. The minimum absolute atomic E-state index is 0.0690. The van der Waals surface area contributed by atoms with Crippen LogP contribution in [0.5, 0.6) is 0 Å². The highest BCUT2D eigenvalue weighted by Gasteiger charge is 2.17. The molecule has 0 saturated carbocycles. The zero-order valence-corrected chi connectivity index (χ0v) is 11.2. The largest absolute Gasteiger partial charge is 0.367 e. The van der Waals surface area contributed by atoms with Gasteiger partial charge >= 0.3 is 0 Å². The van der Waals surface area contributed by atoms with Gasteiger partial charge in [0, 0.05) is 16.6 Å². The maximum absolute atomic E-state index is 12.6. The molecule has 1 aliphatic heterocycles. The van der Waals surface area contributed by atoms with Gasteiger partial charge in [0.25, 0.3) is 5.56 Å². The number of hydrogen-bond donors (Lipinski definition) is 1. The molecular weight excluding hydrogens is 248 g/mol. The van der Waals surface area contributed by atoms with Crippen LogP contribution in [0.4, 0.5) is 5.69 Å².